The summed E-state index contributed by atoms with van der Waals surface area (Å²) in [5, 5.41) is 9.44. The van der Waals surface area contributed by atoms with Gasteiger partial charge in [0.05, 0.1) is 25.2 Å². The number of rotatable bonds is 5. The highest BCUT2D eigenvalue weighted by Crippen LogP contribution is 2.25. The maximum absolute atomic E-state index is 9.44. The van der Waals surface area contributed by atoms with Crippen LogP contribution in [0.5, 0.6) is 0 Å². The summed E-state index contributed by atoms with van der Waals surface area (Å²) in [6, 6.07) is 4.10. The van der Waals surface area contributed by atoms with Crippen molar-refractivity contribution in [3.05, 3.63) is 36.5 Å². The molecule has 3 heterocycles. The second-order valence-corrected chi connectivity index (χ2v) is 5.39. The number of hydrogen-bond acceptors (Lipinski definition) is 6. The Morgan fingerprint density at radius 2 is 2.38 bits per heavy atom. The average Bonchev–Trinajstić information content (AvgIpc) is 3.18. The van der Waals surface area contributed by atoms with E-state index in [1.54, 1.807) is 18.9 Å². The van der Waals surface area contributed by atoms with Crippen molar-refractivity contribution in [1.82, 2.24) is 9.97 Å². The number of aliphatic hydroxyl groups excluding tert-OH is 1. The highest BCUT2D eigenvalue weighted by molar-refractivity contribution is 5.51. The lowest BCUT2D eigenvalue weighted by Crippen LogP contribution is -2.33. The zero-order valence-corrected chi connectivity index (χ0v) is 12.1. The van der Waals surface area contributed by atoms with E-state index < -0.39 is 0 Å². The van der Waals surface area contributed by atoms with Crippen molar-refractivity contribution in [3.63, 3.8) is 0 Å². The van der Waals surface area contributed by atoms with Gasteiger partial charge in [-0.3, -0.25) is 0 Å². The van der Waals surface area contributed by atoms with Gasteiger partial charge in [-0.15, -0.1) is 0 Å². The Labute approximate surface area is 124 Å². The lowest BCUT2D eigenvalue weighted by Gasteiger charge is -2.25. The number of nitrogens with zero attached hydrogens (tertiary/aromatic N) is 4. The Kier molecular flexibility index (Phi) is 4.06. The molecule has 0 amide bonds. The molecule has 1 saturated heterocycles. The van der Waals surface area contributed by atoms with Crippen LogP contribution in [0, 0.1) is 0 Å². The van der Waals surface area contributed by atoms with E-state index in [2.05, 4.69) is 19.8 Å². The van der Waals surface area contributed by atoms with Gasteiger partial charge < -0.3 is 19.3 Å². The van der Waals surface area contributed by atoms with Gasteiger partial charge in [-0.1, -0.05) is 0 Å². The molecule has 0 unspecified atom stereocenters. The van der Waals surface area contributed by atoms with Gasteiger partial charge in [0.15, 0.2) is 0 Å². The molecule has 0 aliphatic carbocycles. The van der Waals surface area contributed by atoms with Crippen LogP contribution in [0.15, 0.2) is 35.4 Å². The maximum atomic E-state index is 9.44. The van der Waals surface area contributed by atoms with E-state index in [1.807, 2.05) is 19.2 Å². The zero-order valence-electron chi connectivity index (χ0n) is 12.1. The first-order valence-corrected chi connectivity index (χ1v) is 7.19. The molecule has 6 heteroatoms. The average molecular weight is 288 g/mol. The Morgan fingerprint density at radius 3 is 3.14 bits per heavy atom. The fourth-order valence-corrected chi connectivity index (χ4v) is 2.77. The minimum atomic E-state index is 0.171. The molecule has 1 atom stereocenters. The summed E-state index contributed by atoms with van der Waals surface area (Å²) < 4.78 is 5.09. The second kappa shape index (κ2) is 6.13. The number of anilines is 2. The minimum Gasteiger partial charge on any atom is -0.472 e. The van der Waals surface area contributed by atoms with Gasteiger partial charge in [0.25, 0.3) is 0 Å². The van der Waals surface area contributed by atoms with Crippen LogP contribution in [0.4, 0.5) is 11.6 Å². The van der Waals surface area contributed by atoms with Crippen molar-refractivity contribution in [1.29, 1.82) is 0 Å². The van der Waals surface area contributed by atoms with E-state index >= 15 is 0 Å². The molecule has 3 rings (SSSR count). The van der Waals surface area contributed by atoms with Crippen molar-refractivity contribution in [2.24, 2.45) is 0 Å². The van der Waals surface area contributed by atoms with Crippen LogP contribution < -0.4 is 9.80 Å². The van der Waals surface area contributed by atoms with E-state index in [0.29, 0.717) is 0 Å². The van der Waals surface area contributed by atoms with Gasteiger partial charge >= 0.3 is 0 Å². The topological polar surface area (TPSA) is 65.6 Å². The Morgan fingerprint density at radius 1 is 1.48 bits per heavy atom. The van der Waals surface area contributed by atoms with Crippen molar-refractivity contribution < 1.29 is 9.52 Å². The normalized spacial score (nSPS) is 18.2. The Hall–Kier alpha value is -2.08. The van der Waals surface area contributed by atoms with E-state index in [-0.39, 0.29) is 12.6 Å². The predicted octanol–water partition coefficient (Wildman–Crippen LogP) is 1.67. The Bertz CT molecular complexity index is 573. The summed E-state index contributed by atoms with van der Waals surface area (Å²) in [5.41, 5.74) is 1.10. The van der Waals surface area contributed by atoms with Gasteiger partial charge in [-0.25, -0.2) is 9.97 Å². The molecule has 0 radical (unpaired) electrons. The van der Waals surface area contributed by atoms with Gasteiger partial charge in [0.2, 0.25) is 0 Å². The van der Waals surface area contributed by atoms with Crippen molar-refractivity contribution in [2.75, 3.05) is 30.0 Å². The van der Waals surface area contributed by atoms with Crippen LogP contribution in [-0.2, 0) is 6.54 Å². The van der Waals surface area contributed by atoms with Crippen molar-refractivity contribution in [3.8, 4) is 0 Å². The van der Waals surface area contributed by atoms with Gasteiger partial charge in [-0.2, -0.15) is 0 Å². The second-order valence-electron chi connectivity index (χ2n) is 5.39. The lowest BCUT2D eigenvalue weighted by molar-refractivity contribution is 0.266. The monoisotopic (exact) mass is 288 g/mol. The zero-order chi connectivity index (χ0) is 14.7. The van der Waals surface area contributed by atoms with Crippen LogP contribution in [-0.4, -0.2) is 41.3 Å². The highest BCUT2D eigenvalue weighted by atomic mass is 16.3. The molecule has 0 saturated carbocycles. The third kappa shape index (κ3) is 3.00. The third-order valence-corrected chi connectivity index (χ3v) is 3.91. The van der Waals surface area contributed by atoms with Crippen molar-refractivity contribution in [2.45, 2.75) is 25.4 Å². The largest absolute Gasteiger partial charge is 0.472 e. The molecule has 6 nitrogen and oxygen atoms in total. The van der Waals surface area contributed by atoms with Gasteiger partial charge in [0, 0.05) is 31.8 Å². The number of hydrogen-bond donors (Lipinski definition) is 1. The molecule has 2 aromatic heterocycles. The highest BCUT2D eigenvalue weighted by Gasteiger charge is 2.25. The molecule has 1 N–H and O–H groups in total. The molecule has 1 aliphatic rings. The summed E-state index contributed by atoms with van der Waals surface area (Å²) in [6.07, 6.45) is 7.10. The number of aromatic nitrogens is 2. The molecule has 1 fully saturated rings. The molecular formula is C15H20N4O2. The molecular weight excluding hydrogens is 268 g/mol. The maximum Gasteiger partial charge on any atom is 0.134 e. The van der Waals surface area contributed by atoms with Crippen LogP contribution in [0.1, 0.15) is 18.4 Å². The first kappa shape index (κ1) is 13.9. The molecule has 21 heavy (non-hydrogen) atoms. The predicted molar refractivity (Wildman–Crippen MR) is 80.3 cm³/mol. The van der Waals surface area contributed by atoms with Crippen LogP contribution in [0.2, 0.25) is 0 Å². The van der Waals surface area contributed by atoms with Crippen LogP contribution in [0.3, 0.4) is 0 Å². The summed E-state index contributed by atoms with van der Waals surface area (Å²) in [5.74, 6) is 1.75. The molecule has 112 valence electrons. The fraction of sp³-hybridized carbons (Fsp3) is 0.467. The summed E-state index contributed by atoms with van der Waals surface area (Å²) in [7, 11) is 1.99. The summed E-state index contributed by atoms with van der Waals surface area (Å²) >= 11 is 0. The first-order chi connectivity index (χ1) is 10.3. The molecule has 2 aromatic rings. The Balaban J connectivity index is 1.76. The summed E-state index contributed by atoms with van der Waals surface area (Å²) in [4.78, 5) is 12.9. The molecule has 0 bridgehead atoms. The fourth-order valence-electron chi connectivity index (χ4n) is 2.77. The minimum absolute atomic E-state index is 0.171. The van der Waals surface area contributed by atoms with E-state index in [0.717, 1.165) is 43.1 Å². The number of furan rings is 1. The molecule has 0 spiro atoms. The smallest absolute Gasteiger partial charge is 0.134 e. The quantitative estimate of drug-likeness (QED) is 0.903. The van der Waals surface area contributed by atoms with E-state index in [4.69, 9.17) is 4.42 Å². The van der Waals surface area contributed by atoms with Crippen molar-refractivity contribution >= 4 is 11.6 Å². The van der Waals surface area contributed by atoms with E-state index in [1.165, 1.54) is 0 Å². The third-order valence-electron chi connectivity index (χ3n) is 3.91. The molecule has 0 aromatic carbocycles. The standard InChI is InChI=1S/C15H20N4O2/c1-18(8-12-4-6-21-10-12)14-7-15(17-11-16-14)19-5-2-3-13(19)9-20/h4,6-7,10-11,13,20H,2-3,5,8-9H2,1H3/t13-/m0/s1. The first-order valence-electron chi connectivity index (χ1n) is 7.19. The van der Waals surface area contributed by atoms with Gasteiger partial charge in [-0.05, 0) is 18.9 Å². The van der Waals surface area contributed by atoms with E-state index in [9.17, 15) is 5.11 Å². The van der Waals surface area contributed by atoms with Crippen LogP contribution in [0.25, 0.3) is 0 Å². The van der Waals surface area contributed by atoms with Crippen LogP contribution >= 0.6 is 0 Å². The van der Waals surface area contributed by atoms with Gasteiger partial charge in [0.1, 0.15) is 18.0 Å². The molecule has 1 aliphatic heterocycles. The lowest BCUT2D eigenvalue weighted by atomic mass is 10.2. The summed E-state index contributed by atoms with van der Waals surface area (Å²) in [6.45, 7) is 1.84. The SMILES string of the molecule is CN(Cc1ccoc1)c1cc(N2CCC[C@H]2CO)ncn1. The number of aliphatic hydroxyl groups is 1.